The van der Waals surface area contributed by atoms with Gasteiger partial charge in [0.15, 0.2) is 0 Å². The van der Waals surface area contributed by atoms with E-state index in [1.165, 1.54) is 28.8 Å². The Morgan fingerprint density at radius 3 is 2.86 bits per heavy atom. The van der Waals surface area contributed by atoms with Crippen molar-refractivity contribution >= 4 is 5.82 Å². The van der Waals surface area contributed by atoms with Crippen molar-refractivity contribution in [3.05, 3.63) is 53.0 Å². The molecular formula is C17H21N3O. The third kappa shape index (κ3) is 3.22. The van der Waals surface area contributed by atoms with E-state index in [2.05, 4.69) is 39.6 Å². The van der Waals surface area contributed by atoms with Crippen LogP contribution in [0, 0.1) is 0 Å². The van der Waals surface area contributed by atoms with E-state index in [-0.39, 0.29) is 0 Å². The van der Waals surface area contributed by atoms with Gasteiger partial charge in [0, 0.05) is 24.4 Å². The maximum atomic E-state index is 5.53. The van der Waals surface area contributed by atoms with E-state index in [1.54, 1.807) is 6.33 Å². The highest BCUT2D eigenvalue weighted by molar-refractivity contribution is 5.48. The molecule has 21 heavy (non-hydrogen) atoms. The van der Waals surface area contributed by atoms with Crippen LogP contribution in [0.25, 0.3) is 0 Å². The van der Waals surface area contributed by atoms with Crippen LogP contribution in [0.4, 0.5) is 5.82 Å². The van der Waals surface area contributed by atoms with Crippen molar-refractivity contribution in [1.82, 2.24) is 9.97 Å². The zero-order valence-corrected chi connectivity index (χ0v) is 12.4. The molecule has 0 radical (unpaired) electrons. The molecule has 1 aromatic carbocycles. The highest BCUT2D eigenvalue weighted by Gasteiger charge is 2.16. The Morgan fingerprint density at radius 2 is 2.00 bits per heavy atom. The lowest BCUT2D eigenvalue weighted by molar-refractivity contribution is 0.133. The molecule has 0 spiro atoms. The zero-order chi connectivity index (χ0) is 14.5. The molecule has 0 unspecified atom stereocenters. The Balaban J connectivity index is 1.72. The summed E-state index contributed by atoms with van der Waals surface area (Å²) in [5.41, 5.74) is 4.99. The summed E-state index contributed by atoms with van der Waals surface area (Å²) in [7, 11) is 0. The highest BCUT2D eigenvalue weighted by Crippen LogP contribution is 2.25. The van der Waals surface area contributed by atoms with Crippen molar-refractivity contribution < 1.29 is 4.74 Å². The van der Waals surface area contributed by atoms with Crippen LogP contribution in [-0.4, -0.2) is 16.6 Å². The Labute approximate surface area is 125 Å². The topological polar surface area (TPSA) is 47.0 Å². The van der Waals surface area contributed by atoms with Crippen LogP contribution >= 0.6 is 0 Å². The molecule has 1 aliphatic rings. The highest BCUT2D eigenvalue weighted by atomic mass is 16.5. The number of aryl methyl sites for hydroxylation is 1. The molecule has 1 heterocycles. The van der Waals surface area contributed by atoms with Gasteiger partial charge in [-0.1, -0.05) is 24.3 Å². The molecule has 4 heteroatoms. The van der Waals surface area contributed by atoms with E-state index < -0.39 is 0 Å². The average molecular weight is 283 g/mol. The van der Waals surface area contributed by atoms with Crippen molar-refractivity contribution in [2.75, 3.05) is 11.9 Å². The van der Waals surface area contributed by atoms with Gasteiger partial charge in [-0.05, 0) is 37.3 Å². The van der Waals surface area contributed by atoms with E-state index >= 15 is 0 Å². The second kappa shape index (κ2) is 6.68. The van der Waals surface area contributed by atoms with Crippen LogP contribution < -0.4 is 5.32 Å². The average Bonchev–Trinajstić information content (AvgIpc) is 3.01. The largest absolute Gasteiger partial charge is 0.377 e. The number of nitrogens with one attached hydrogen (secondary N) is 1. The van der Waals surface area contributed by atoms with E-state index in [0.717, 1.165) is 31.8 Å². The Bertz CT molecular complexity index is 613. The van der Waals surface area contributed by atoms with Crippen LogP contribution in [0.1, 0.15) is 35.7 Å². The molecule has 0 bridgehead atoms. The van der Waals surface area contributed by atoms with E-state index in [4.69, 9.17) is 4.74 Å². The van der Waals surface area contributed by atoms with Gasteiger partial charge in [0.05, 0.1) is 6.61 Å². The summed E-state index contributed by atoms with van der Waals surface area (Å²) in [5, 5.41) is 3.47. The predicted octanol–water partition coefficient (Wildman–Crippen LogP) is 3.11. The maximum Gasteiger partial charge on any atom is 0.133 e. The van der Waals surface area contributed by atoms with Gasteiger partial charge in [0.1, 0.15) is 12.1 Å². The summed E-state index contributed by atoms with van der Waals surface area (Å²) >= 11 is 0. The first kappa shape index (κ1) is 14.0. The maximum absolute atomic E-state index is 5.53. The molecule has 110 valence electrons. The summed E-state index contributed by atoms with van der Waals surface area (Å²) in [5.74, 6) is 0.990. The number of aromatic nitrogens is 2. The Hall–Kier alpha value is -1.94. The number of fused-ring (bicyclic) bond motifs is 1. The molecule has 3 rings (SSSR count). The number of rotatable bonds is 6. The van der Waals surface area contributed by atoms with Crippen molar-refractivity contribution in [2.45, 2.75) is 39.3 Å². The minimum absolute atomic E-state index is 0.663. The van der Waals surface area contributed by atoms with Gasteiger partial charge < -0.3 is 10.1 Å². The molecule has 0 saturated heterocycles. The van der Waals surface area contributed by atoms with Crippen LogP contribution in [-0.2, 0) is 30.7 Å². The van der Waals surface area contributed by atoms with Gasteiger partial charge in [-0.2, -0.15) is 0 Å². The molecule has 0 amide bonds. The number of benzene rings is 1. The third-order valence-electron chi connectivity index (χ3n) is 3.90. The summed E-state index contributed by atoms with van der Waals surface area (Å²) < 4.78 is 5.53. The fourth-order valence-electron chi connectivity index (χ4n) is 2.77. The van der Waals surface area contributed by atoms with E-state index in [9.17, 15) is 0 Å². The number of ether oxygens (including phenoxy) is 1. The van der Waals surface area contributed by atoms with Gasteiger partial charge in [0.25, 0.3) is 0 Å². The molecule has 0 fully saturated rings. The molecular weight excluding hydrogens is 262 g/mol. The van der Waals surface area contributed by atoms with E-state index in [1.807, 2.05) is 6.92 Å². The van der Waals surface area contributed by atoms with E-state index in [0.29, 0.717) is 6.61 Å². The van der Waals surface area contributed by atoms with Gasteiger partial charge in [-0.3, -0.25) is 0 Å². The lowest BCUT2D eigenvalue weighted by Crippen LogP contribution is -2.08. The van der Waals surface area contributed by atoms with Gasteiger partial charge in [-0.25, -0.2) is 9.97 Å². The quantitative estimate of drug-likeness (QED) is 0.885. The molecule has 4 nitrogen and oxygen atoms in total. The zero-order valence-electron chi connectivity index (χ0n) is 12.4. The smallest absolute Gasteiger partial charge is 0.133 e. The minimum atomic E-state index is 0.663. The minimum Gasteiger partial charge on any atom is -0.377 e. The molecule has 0 aliphatic heterocycles. The first-order chi connectivity index (χ1) is 10.4. The standard InChI is InChI=1S/C17H21N3O/c1-2-21-11-14-7-4-3-6-13(14)10-18-17-15-8-5-9-16(15)19-12-20-17/h3-4,6-7,12H,2,5,8-11H2,1H3,(H,18,19,20). The molecule has 2 aromatic rings. The molecule has 0 atom stereocenters. The van der Waals surface area contributed by atoms with Crippen molar-refractivity contribution in [3.63, 3.8) is 0 Å². The SMILES string of the molecule is CCOCc1ccccc1CNc1ncnc2c1CCC2. The van der Waals surface area contributed by atoms with Crippen LogP contribution in [0.2, 0.25) is 0 Å². The number of nitrogens with zero attached hydrogens (tertiary/aromatic N) is 2. The monoisotopic (exact) mass is 283 g/mol. The Morgan fingerprint density at radius 1 is 1.14 bits per heavy atom. The lowest BCUT2D eigenvalue weighted by atomic mass is 10.1. The van der Waals surface area contributed by atoms with Crippen LogP contribution in [0.5, 0.6) is 0 Å². The lowest BCUT2D eigenvalue weighted by Gasteiger charge is -2.13. The van der Waals surface area contributed by atoms with Crippen LogP contribution in [0.15, 0.2) is 30.6 Å². The fraction of sp³-hybridized carbons (Fsp3) is 0.412. The predicted molar refractivity (Wildman–Crippen MR) is 83.2 cm³/mol. The normalized spacial score (nSPS) is 13.2. The molecule has 0 saturated carbocycles. The number of hydrogen-bond donors (Lipinski definition) is 1. The molecule has 1 N–H and O–H groups in total. The second-order valence-corrected chi connectivity index (χ2v) is 5.26. The first-order valence-electron chi connectivity index (χ1n) is 7.59. The summed E-state index contributed by atoms with van der Waals surface area (Å²) in [6.45, 7) is 4.19. The summed E-state index contributed by atoms with van der Waals surface area (Å²) in [6, 6.07) is 8.39. The molecule has 1 aliphatic carbocycles. The third-order valence-corrected chi connectivity index (χ3v) is 3.90. The van der Waals surface area contributed by atoms with Crippen molar-refractivity contribution in [1.29, 1.82) is 0 Å². The summed E-state index contributed by atoms with van der Waals surface area (Å²) in [4.78, 5) is 8.77. The van der Waals surface area contributed by atoms with Crippen molar-refractivity contribution in [2.24, 2.45) is 0 Å². The Kier molecular flexibility index (Phi) is 4.46. The van der Waals surface area contributed by atoms with Gasteiger partial charge >= 0.3 is 0 Å². The van der Waals surface area contributed by atoms with Gasteiger partial charge in [0.2, 0.25) is 0 Å². The second-order valence-electron chi connectivity index (χ2n) is 5.26. The molecule has 1 aromatic heterocycles. The van der Waals surface area contributed by atoms with Crippen molar-refractivity contribution in [3.8, 4) is 0 Å². The van der Waals surface area contributed by atoms with Gasteiger partial charge in [-0.15, -0.1) is 0 Å². The van der Waals surface area contributed by atoms with Crippen LogP contribution in [0.3, 0.4) is 0 Å². The fourth-order valence-corrected chi connectivity index (χ4v) is 2.77. The first-order valence-corrected chi connectivity index (χ1v) is 7.59. The number of anilines is 1. The summed E-state index contributed by atoms with van der Waals surface area (Å²) in [6.07, 6.45) is 5.01. The number of hydrogen-bond acceptors (Lipinski definition) is 4.